The fourth-order valence-electron chi connectivity index (χ4n) is 24.0. The summed E-state index contributed by atoms with van der Waals surface area (Å²) in [7, 11) is 0. The van der Waals surface area contributed by atoms with Gasteiger partial charge in [0.2, 0.25) is 12.2 Å². The van der Waals surface area contributed by atoms with Gasteiger partial charge in [-0.3, -0.25) is 14.4 Å². The van der Waals surface area contributed by atoms with Gasteiger partial charge in [0.25, 0.3) is 0 Å². The van der Waals surface area contributed by atoms with Crippen molar-refractivity contribution in [1.82, 2.24) is 5.32 Å². The standard InChI is InChI=1S/C91H149NO43/c1-13-36(3)48(125-57(104)26-41(97)24-49(37(4)14-2)126-81-68(114)62(108)51(30-94)127-81)23-40(96)25-56(103)92-58-38(5)123-84(75(63(58)109)133-80-70(116)65(111)72(39(6)124-80)130-79-71(117)73(46(100)33-121-79)131-77-66(112)59(105)44(98)31-119-77)135-85(118)91-22-21-86(7,8)27-43(91)42-15-16-53-87(9)19-18-55(88(10,35-95)52(87)17-20-89(53,11)90(42,12)28-54(91)102)129-83-76(134-82-69(115)64(110)61(107)50(29-93)128-82)74(47(101)34-122-83)132-78-67(113)60(106)45(99)32-120-78/h15,35-41,43-55,58-84,93-94,96-102,105-117H,13-14,16-34H2,1-12H3,(H,92,103)/t36-,37-,38+,39?,40-,41-,43?,44+,45+,46+,47+,48-,49-,50?,51?,52+,53?,54-,55-,58-,59?,60-,61-,62?,63?,64-,65?,66?,67?,68?,69?,70?,71?,72-,73?,74-,75?,76?,77-,78-,79-,80-,81+,82-,83-,84-,87?,88?,89?,90?,91+/m0/s1. The first kappa shape index (κ1) is 109. The Labute approximate surface area is 782 Å². The summed E-state index contributed by atoms with van der Waals surface area (Å²) in [5.74, 6) is -4.80. The van der Waals surface area contributed by atoms with Crippen LogP contribution in [-0.4, -0.2) is 428 Å². The Morgan fingerprint density at radius 1 is 0.489 bits per heavy atom. The number of allylic oxidation sites excluding steroid dienone is 2. The van der Waals surface area contributed by atoms with Crippen LogP contribution in [0.25, 0.3) is 0 Å². The van der Waals surface area contributed by atoms with Gasteiger partial charge in [0, 0.05) is 12.8 Å². The molecule has 5 aliphatic carbocycles. The van der Waals surface area contributed by atoms with Gasteiger partial charge in [-0.25, -0.2) is 0 Å². The molecule has 4 saturated carbocycles. The number of aliphatic hydroxyl groups excluding tert-OH is 22. The molecule has 0 aromatic heterocycles. The number of carbonyl (C=O) groups is 4. The van der Waals surface area contributed by atoms with Crippen molar-refractivity contribution in [2.24, 2.45) is 62.1 Å². The number of fused-ring (bicyclic) bond motifs is 7. The Morgan fingerprint density at radius 2 is 0.993 bits per heavy atom. The summed E-state index contributed by atoms with van der Waals surface area (Å²) >= 11 is 0. The molecule has 8 heterocycles. The van der Waals surface area contributed by atoms with Crippen LogP contribution in [-0.2, 0) is 99.7 Å². The van der Waals surface area contributed by atoms with Crippen molar-refractivity contribution in [3.63, 3.8) is 0 Å². The highest BCUT2D eigenvalue weighted by molar-refractivity contribution is 5.80. The average Bonchev–Trinajstić information content (AvgIpc) is 0.798. The topological polar surface area (TPSA) is 682 Å². The van der Waals surface area contributed by atoms with Crippen LogP contribution in [0.1, 0.15) is 179 Å². The number of carbonyl (C=O) groups excluding carboxylic acids is 4. The highest BCUT2D eigenvalue weighted by Gasteiger charge is 2.73. The predicted octanol–water partition coefficient (Wildman–Crippen LogP) is -5.57. The van der Waals surface area contributed by atoms with Crippen LogP contribution >= 0.6 is 0 Å². The van der Waals surface area contributed by atoms with E-state index in [2.05, 4.69) is 46.0 Å². The third-order valence-corrected chi connectivity index (χ3v) is 32.9. The first-order valence-electron chi connectivity index (χ1n) is 47.9. The second-order valence-corrected chi connectivity index (χ2v) is 42.1. The third kappa shape index (κ3) is 21.5. The molecule has 8 aliphatic heterocycles. The van der Waals surface area contributed by atoms with Gasteiger partial charge in [0.15, 0.2) is 50.1 Å². The average molecular weight is 1950 g/mol. The molecule has 23 N–H and O–H groups in total. The van der Waals surface area contributed by atoms with Gasteiger partial charge in [0.05, 0.1) is 107 Å². The van der Waals surface area contributed by atoms with Gasteiger partial charge in [-0.05, 0) is 123 Å². The molecule has 13 rings (SSSR count). The van der Waals surface area contributed by atoms with Crippen LogP contribution in [0.15, 0.2) is 11.6 Å². The second-order valence-electron chi connectivity index (χ2n) is 42.1. The van der Waals surface area contributed by atoms with Crippen LogP contribution in [0, 0.1) is 62.1 Å². The summed E-state index contributed by atoms with van der Waals surface area (Å²) in [6.07, 6.45) is -60.3. The highest BCUT2D eigenvalue weighted by Crippen LogP contribution is 2.76. The minimum atomic E-state index is -2.16. The van der Waals surface area contributed by atoms with Crippen LogP contribution in [0.5, 0.6) is 0 Å². The molecule has 51 atom stereocenters. The molecule has 0 aromatic carbocycles. The zero-order valence-corrected chi connectivity index (χ0v) is 78.5. The minimum Gasteiger partial charge on any atom is -0.462 e. The van der Waals surface area contributed by atoms with Crippen LogP contribution < -0.4 is 5.32 Å². The van der Waals surface area contributed by atoms with Gasteiger partial charge in [-0.1, -0.05) is 93.7 Å². The van der Waals surface area contributed by atoms with E-state index < -0.39 is 372 Å². The Balaban J connectivity index is 0.738. The number of amides is 1. The molecule has 1 amide bonds. The summed E-state index contributed by atoms with van der Waals surface area (Å²) in [5.41, 5.74) is -4.93. The van der Waals surface area contributed by atoms with Crippen molar-refractivity contribution in [3.8, 4) is 0 Å². The SMILES string of the molecule is CC[C@H](C)[C@H](C[C@H](O)CC(=O)N[C@@H]1C(O)C(O[C@@H]2OC(C)[C@H](O[C@@H]3OC[C@@H](O)C(O[C@@H]4OC[C@@H](O)C(O)C4O)C3O)C(O)C2O)[C@H](OC(=O)[C@]23CCC(C)(C)CC2C2=CCC4C5(C)CC[C@H](O[C@@H]6OC[C@@H](O)[C@H](O[C@@H]7OC[C@@H](O)[C@H](O)C7O)C6O[C@@H]6OC(CO)[C@H](O)[C@H](O)C6O)C(C)(C=O)[C@@H]5CCC4(C)C2(C)C[C@@H]3O)O[C@@H]1C)OC(=O)C[C@@H](O)C[C@H](O[C@@H]1OC(CO)C(O)C1O)[C@@H](C)CC. The molecule has 0 spiro atoms. The Hall–Kier alpha value is -3.66. The maximum atomic E-state index is 16.4. The maximum Gasteiger partial charge on any atom is 0.317 e. The smallest absolute Gasteiger partial charge is 0.317 e. The molecule has 135 heavy (non-hydrogen) atoms. The Kier molecular flexibility index (Phi) is 35.2. The third-order valence-electron chi connectivity index (χ3n) is 32.9. The Bertz CT molecular complexity index is 3940. The first-order chi connectivity index (χ1) is 63.5. The predicted molar refractivity (Wildman–Crippen MR) is 453 cm³/mol. The van der Waals surface area contributed by atoms with Crippen molar-refractivity contribution in [2.75, 3.05) is 39.6 Å². The van der Waals surface area contributed by atoms with E-state index in [0.717, 1.165) is 11.9 Å². The summed E-state index contributed by atoms with van der Waals surface area (Å²) in [6, 6.07) is -1.53. The summed E-state index contributed by atoms with van der Waals surface area (Å²) in [4.78, 5) is 58.9. The summed E-state index contributed by atoms with van der Waals surface area (Å²) in [5, 5.41) is 248. The van der Waals surface area contributed by atoms with Crippen molar-refractivity contribution in [2.45, 2.75) is 431 Å². The van der Waals surface area contributed by atoms with Crippen LogP contribution in [0.3, 0.4) is 0 Å². The van der Waals surface area contributed by atoms with Crippen molar-refractivity contribution < 1.29 is 212 Å². The van der Waals surface area contributed by atoms with E-state index in [4.69, 9.17) is 80.5 Å². The first-order valence-corrected chi connectivity index (χ1v) is 47.9. The molecule has 776 valence electrons. The van der Waals surface area contributed by atoms with Gasteiger partial charge < -0.3 is 203 Å². The minimum absolute atomic E-state index is 0.00149. The number of rotatable bonds is 33. The zero-order valence-electron chi connectivity index (χ0n) is 78.5. The monoisotopic (exact) mass is 1940 g/mol. The lowest BCUT2D eigenvalue weighted by atomic mass is 9.33. The molecule has 8 saturated heterocycles. The molecule has 0 bridgehead atoms. The van der Waals surface area contributed by atoms with E-state index in [0.29, 0.717) is 51.4 Å². The molecule has 12 fully saturated rings. The Morgan fingerprint density at radius 3 is 1.61 bits per heavy atom. The van der Waals surface area contributed by atoms with Crippen molar-refractivity contribution >= 4 is 24.1 Å². The lowest BCUT2D eigenvalue weighted by molar-refractivity contribution is -0.384. The number of hydrogen-bond acceptors (Lipinski definition) is 43. The summed E-state index contributed by atoms with van der Waals surface area (Å²) in [6.45, 7) is 18.9. The van der Waals surface area contributed by atoms with E-state index in [9.17, 15) is 127 Å². The highest BCUT2D eigenvalue weighted by atomic mass is 16.8. The lowest BCUT2D eigenvalue weighted by Gasteiger charge is -2.71. The van der Waals surface area contributed by atoms with Crippen molar-refractivity contribution in [1.29, 1.82) is 0 Å². The number of ether oxygens (including phenoxy) is 17. The van der Waals surface area contributed by atoms with Gasteiger partial charge >= 0.3 is 11.9 Å². The number of esters is 2. The maximum absolute atomic E-state index is 16.4. The van der Waals surface area contributed by atoms with E-state index in [1.54, 1.807) is 13.8 Å². The summed E-state index contributed by atoms with van der Waals surface area (Å²) < 4.78 is 103. The van der Waals surface area contributed by atoms with Gasteiger partial charge in [0.1, 0.15) is 158 Å². The van der Waals surface area contributed by atoms with Crippen molar-refractivity contribution in [3.05, 3.63) is 11.6 Å². The molecule has 22 unspecified atom stereocenters. The quantitative estimate of drug-likeness (QED) is 0.0126. The number of nitrogens with one attached hydrogen (secondary N) is 1. The molecule has 44 nitrogen and oxygen atoms in total. The van der Waals surface area contributed by atoms with Crippen LogP contribution in [0.4, 0.5) is 0 Å². The number of hydrogen-bond donors (Lipinski definition) is 23. The number of aldehydes is 1. The zero-order chi connectivity index (χ0) is 98.9. The largest absolute Gasteiger partial charge is 0.462 e. The molecule has 0 aromatic rings. The molecule has 44 heteroatoms. The van der Waals surface area contributed by atoms with E-state index >= 15 is 4.79 Å². The van der Waals surface area contributed by atoms with Gasteiger partial charge in [-0.15, -0.1) is 0 Å². The van der Waals surface area contributed by atoms with E-state index in [1.165, 1.54) is 13.8 Å². The molecule has 13 aliphatic rings. The molecular formula is C91H149NO43. The molecular weight excluding hydrogens is 1790 g/mol. The molecule has 0 radical (unpaired) electrons. The van der Waals surface area contributed by atoms with E-state index in [-0.39, 0.29) is 43.9 Å². The van der Waals surface area contributed by atoms with Gasteiger partial charge in [-0.2, -0.15) is 0 Å². The fraction of sp³-hybridized carbons (Fsp3) is 0.934. The van der Waals surface area contributed by atoms with Crippen LogP contribution in [0.2, 0.25) is 0 Å². The lowest BCUT2D eigenvalue weighted by Crippen LogP contribution is -2.69. The second kappa shape index (κ2) is 43.7. The fourth-order valence-corrected chi connectivity index (χ4v) is 24.0. The normalized spacial score (nSPS) is 49.1. The van der Waals surface area contributed by atoms with E-state index in [1.807, 2.05) is 20.8 Å². The number of aliphatic hydroxyl groups is 22.